The van der Waals surface area contributed by atoms with Gasteiger partial charge in [-0.05, 0) is 47.1 Å². The van der Waals surface area contributed by atoms with Gasteiger partial charge in [0.25, 0.3) is 5.91 Å². The second kappa shape index (κ2) is 13.6. The largest absolute Gasteiger partial charge is 0.483 e. The summed E-state index contributed by atoms with van der Waals surface area (Å²) in [6, 6.07) is 25.0. The summed E-state index contributed by atoms with van der Waals surface area (Å²) in [5.74, 6) is 0.898. The average molecular weight is 501 g/mol. The van der Waals surface area contributed by atoms with E-state index < -0.39 is 6.04 Å². The Morgan fingerprint density at radius 2 is 1.51 bits per heavy atom. The van der Waals surface area contributed by atoms with Crippen LogP contribution in [-0.4, -0.2) is 35.9 Å². The quantitative estimate of drug-likeness (QED) is 0.336. The second-order valence-electron chi connectivity index (χ2n) is 10.3. The Kier molecular flexibility index (Phi) is 10.3. The third kappa shape index (κ3) is 8.21. The fourth-order valence-electron chi connectivity index (χ4n) is 4.26. The summed E-state index contributed by atoms with van der Waals surface area (Å²) in [7, 11) is 0. The van der Waals surface area contributed by atoms with Crippen LogP contribution in [0.2, 0.25) is 0 Å². The maximum atomic E-state index is 13.8. The minimum absolute atomic E-state index is 0.141. The summed E-state index contributed by atoms with van der Waals surface area (Å²) in [6.45, 7) is 11.1. The summed E-state index contributed by atoms with van der Waals surface area (Å²) in [5, 5.41) is 3.06. The van der Waals surface area contributed by atoms with Gasteiger partial charge in [0.15, 0.2) is 6.61 Å². The van der Waals surface area contributed by atoms with Crippen LogP contribution in [0.4, 0.5) is 0 Å². The van der Waals surface area contributed by atoms with Crippen molar-refractivity contribution in [3.63, 3.8) is 0 Å². The van der Waals surface area contributed by atoms with Gasteiger partial charge in [-0.3, -0.25) is 9.59 Å². The molecule has 5 nitrogen and oxygen atoms in total. The summed E-state index contributed by atoms with van der Waals surface area (Å²) < 4.78 is 6.06. The van der Waals surface area contributed by atoms with E-state index in [9.17, 15) is 9.59 Å². The molecule has 3 rings (SSSR count). The molecule has 1 atom stereocenters. The molecular weight excluding hydrogens is 460 g/mol. The smallest absolute Gasteiger partial charge is 0.261 e. The van der Waals surface area contributed by atoms with E-state index in [-0.39, 0.29) is 24.3 Å². The van der Waals surface area contributed by atoms with E-state index in [1.807, 2.05) is 85.8 Å². The topological polar surface area (TPSA) is 58.6 Å². The van der Waals surface area contributed by atoms with Crippen LogP contribution >= 0.6 is 0 Å². The van der Waals surface area contributed by atoms with Gasteiger partial charge in [0.1, 0.15) is 11.8 Å². The van der Waals surface area contributed by atoms with Crippen LogP contribution in [0.15, 0.2) is 78.9 Å². The van der Waals surface area contributed by atoms with E-state index in [0.717, 1.165) is 22.3 Å². The highest BCUT2D eigenvalue weighted by Crippen LogP contribution is 2.26. The Balaban J connectivity index is 1.93. The van der Waals surface area contributed by atoms with Crippen LogP contribution in [0.1, 0.15) is 55.9 Å². The van der Waals surface area contributed by atoms with Crippen LogP contribution in [0, 0.1) is 12.8 Å². The number of amides is 2. The van der Waals surface area contributed by atoms with E-state index in [4.69, 9.17) is 4.74 Å². The van der Waals surface area contributed by atoms with Crippen molar-refractivity contribution in [1.82, 2.24) is 10.2 Å². The number of rotatable bonds is 12. The number of hydrogen-bond acceptors (Lipinski definition) is 3. The molecule has 1 N–H and O–H groups in total. The van der Waals surface area contributed by atoms with Crippen molar-refractivity contribution >= 4 is 11.8 Å². The SMILES string of the molecule is Cc1ccccc1CN(C(=O)COc1ccccc1C(C)C)[C@@H](Cc1ccccc1)C(=O)NCC(C)C. The molecule has 0 unspecified atom stereocenters. The lowest BCUT2D eigenvalue weighted by Crippen LogP contribution is -2.52. The summed E-state index contributed by atoms with van der Waals surface area (Å²) in [5.41, 5.74) is 4.14. The Hall–Kier alpha value is -3.60. The number of benzene rings is 3. The predicted molar refractivity (Wildman–Crippen MR) is 150 cm³/mol. The highest BCUT2D eigenvalue weighted by molar-refractivity contribution is 5.88. The fourth-order valence-corrected chi connectivity index (χ4v) is 4.26. The second-order valence-corrected chi connectivity index (χ2v) is 10.3. The number of nitrogens with one attached hydrogen (secondary N) is 1. The zero-order valence-corrected chi connectivity index (χ0v) is 22.7. The van der Waals surface area contributed by atoms with Gasteiger partial charge < -0.3 is 15.0 Å². The first-order valence-corrected chi connectivity index (χ1v) is 13.1. The highest BCUT2D eigenvalue weighted by atomic mass is 16.5. The summed E-state index contributed by atoms with van der Waals surface area (Å²) in [6.07, 6.45) is 0.422. The van der Waals surface area contributed by atoms with E-state index in [1.54, 1.807) is 4.90 Å². The number of ether oxygens (including phenoxy) is 1. The Morgan fingerprint density at radius 3 is 2.19 bits per heavy atom. The van der Waals surface area contributed by atoms with E-state index >= 15 is 0 Å². The molecule has 0 saturated heterocycles. The highest BCUT2D eigenvalue weighted by Gasteiger charge is 2.31. The standard InChI is InChI=1S/C32H40N2O3/c1-23(2)20-33-32(36)29(19-26-14-7-6-8-15-26)34(21-27-16-10-9-13-25(27)5)31(35)22-37-30-18-12-11-17-28(30)24(3)4/h6-18,23-24,29H,19-22H2,1-5H3,(H,33,36)/t29-/m0/s1. The Bertz CT molecular complexity index is 1160. The molecule has 3 aromatic rings. The number of nitrogens with zero attached hydrogens (tertiary/aromatic N) is 1. The van der Waals surface area contributed by atoms with Crippen molar-refractivity contribution in [1.29, 1.82) is 0 Å². The molecule has 0 spiro atoms. The van der Waals surface area contributed by atoms with Crippen LogP contribution in [0.5, 0.6) is 5.75 Å². The van der Waals surface area contributed by atoms with Gasteiger partial charge in [-0.15, -0.1) is 0 Å². The lowest BCUT2D eigenvalue weighted by molar-refractivity contribution is -0.142. The maximum absolute atomic E-state index is 13.8. The van der Waals surface area contributed by atoms with Gasteiger partial charge in [-0.25, -0.2) is 0 Å². The molecule has 0 radical (unpaired) electrons. The third-order valence-electron chi connectivity index (χ3n) is 6.45. The fraction of sp³-hybridized carbons (Fsp3) is 0.375. The third-order valence-corrected chi connectivity index (χ3v) is 6.45. The first-order valence-electron chi connectivity index (χ1n) is 13.1. The normalized spacial score (nSPS) is 11.9. The average Bonchev–Trinajstić information content (AvgIpc) is 2.89. The summed E-state index contributed by atoms with van der Waals surface area (Å²) >= 11 is 0. The zero-order valence-electron chi connectivity index (χ0n) is 22.7. The van der Waals surface area contributed by atoms with Crippen LogP contribution in [0.25, 0.3) is 0 Å². The molecule has 0 aliphatic rings. The van der Waals surface area contributed by atoms with Crippen molar-refractivity contribution in [2.24, 2.45) is 5.92 Å². The molecule has 0 bridgehead atoms. The summed E-state index contributed by atoms with van der Waals surface area (Å²) in [4.78, 5) is 29.0. The zero-order chi connectivity index (χ0) is 26.8. The first kappa shape index (κ1) is 28.0. The molecule has 0 aromatic heterocycles. The molecule has 0 aliphatic carbocycles. The predicted octanol–water partition coefficient (Wildman–Crippen LogP) is 5.91. The molecule has 0 aliphatic heterocycles. The Morgan fingerprint density at radius 1 is 0.865 bits per heavy atom. The van der Waals surface area contributed by atoms with Gasteiger partial charge in [-0.2, -0.15) is 0 Å². The maximum Gasteiger partial charge on any atom is 0.261 e. The van der Waals surface area contributed by atoms with Gasteiger partial charge in [0, 0.05) is 19.5 Å². The molecule has 5 heteroatoms. The number of aryl methyl sites for hydroxylation is 1. The monoisotopic (exact) mass is 500 g/mol. The molecule has 0 heterocycles. The van der Waals surface area contributed by atoms with E-state index in [2.05, 4.69) is 33.0 Å². The Labute approximate surface area is 221 Å². The molecule has 0 fully saturated rings. The van der Waals surface area contributed by atoms with Crippen molar-refractivity contribution in [2.75, 3.05) is 13.2 Å². The minimum atomic E-state index is -0.669. The van der Waals surface area contributed by atoms with Crippen molar-refractivity contribution in [3.05, 3.63) is 101 Å². The van der Waals surface area contributed by atoms with E-state index in [0.29, 0.717) is 31.2 Å². The molecule has 37 heavy (non-hydrogen) atoms. The number of carbonyl (C=O) groups excluding carboxylic acids is 2. The number of carbonyl (C=O) groups is 2. The molecule has 0 saturated carbocycles. The molecular formula is C32H40N2O3. The van der Waals surface area contributed by atoms with Crippen LogP contribution in [-0.2, 0) is 22.6 Å². The van der Waals surface area contributed by atoms with Gasteiger partial charge in [0.05, 0.1) is 0 Å². The first-order chi connectivity index (χ1) is 17.8. The van der Waals surface area contributed by atoms with Crippen molar-refractivity contribution in [3.8, 4) is 5.75 Å². The van der Waals surface area contributed by atoms with E-state index in [1.165, 1.54) is 0 Å². The van der Waals surface area contributed by atoms with Gasteiger partial charge >= 0.3 is 0 Å². The lowest BCUT2D eigenvalue weighted by Gasteiger charge is -2.32. The van der Waals surface area contributed by atoms with Crippen LogP contribution < -0.4 is 10.1 Å². The molecule has 196 valence electrons. The van der Waals surface area contributed by atoms with Gasteiger partial charge in [-0.1, -0.05) is 100 Å². The molecule has 2 amide bonds. The molecule has 3 aromatic carbocycles. The van der Waals surface area contributed by atoms with Crippen molar-refractivity contribution < 1.29 is 14.3 Å². The number of hydrogen-bond donors (Lipinski definition) is 1. The van der Waals surface area contributed by atoms with Crippen molar-refractivity contribution in [2.45, 2.75) is 59.5 Å². The minimum Gasteiger partial charge on any atom is -0.483 e. The van der Waals surface area contributed by atoms with Gasteiger partial charge in [0.2, 0.25) is 5.91 Å². The lowest BCUT2D eigenvalue weighted by atomic mass is 10.0. The number of para-hydroxylation sites is 1. The van der Waals surface area contributed by atoms with Crippen LogP contribution in [0.3, 0.4) is 0 Å².